The molecule has 0 heterocycles. The Morgan fingerprint density at radius 2 is 1.90 bits per heavy atom. The van der Waals surface area contributed by atoms with Gasteiger partial charge in [-0.2, -0.15) is 0 Å². The van der Waals surface area contributed by atoms with Crippen molar-refractivity contribution >= 4 is 14.5 Å². The Hall–Kier alpha value is -0.550. The van der Waals surface area contributed by atoms with Crippen molar-refractivity contribution in [3.8, 4) is 5.75 Å². The third-order valence-corrected chi connectivity index (χ3v) is 1.58. The standard InChI is InChI=1S/C8H11OP/c1-2-9-7-3-5-8(10)6-4-7/h3-6H,2,10H2,1H3. The number of hydrogen-bond donors (Lipinski definition) is 0. The number of hydrogen-bond acceptors (Lipinski definition) is 1. The molecular formula is C8H11OP. The summed E-state index contributed by atoms with van der Waals surface area (Å²) in [6, 6.07) is 7.95. The van der Waals surface area contributed by atoms with Gasteiger partial charge in [0.1, 0.15) is 5.75 Å². The van der Waals surface area contributed by atoms with Crippen LogP contribution in [0.2, 0.25) is 0 Å². The Kier molecular flexibility index (Phi) is 2.70. The van der Waals surface area contributed by atoms with Gasteiger partial charge >= 0.3 is 0 Å². The molecule has 0 radical (unpaired) electrons. The third-order valence-electron chi connectivity index (χ3n) is 1.19. The van der Waals surface area contributed by atoms with E-state index in [1.165, 1.54) is 5.30 Å². The molecule has 0 aliphatic heterocycles. The van der Waals surface area contributed by atoms with Crippen LogP contribution in [0, 0.1) is 0 Å². The van der Waals surface area contributed by atoms with Gasteiger partial charge in [0.15, 0.2) is 0 Å². The summed E-state index contributed by atoms with van der Waals surface area (Å²) in [7, 11) is 2.63. The lowest BCUT2D eigenvalue weighted by Crippen LogP contribution is -1.93. The van der Waals surface area contributed by atoms with Crippen LogP contribution < -0.4 is 10.0 Å². The molecule has 1 aromatic rings. The number of rotatable bonds is 2. The molecular weight excluding hydrogens is 143 g/mol. The topological polar surface area (TPSA) is 9.23 Å². The summed E-state index contributed by atoms with van der Waals surface area (Å²) in [6.07, 6.45) is 0. The highest BCUT2D eigenvalue weighted by atomic mass is 31.0. The zero-order valence-corrected chi connectivity index (χ0v) is 7.16. The van der Waals surface area contributed by atoms with Gasteiger partial charge in [-0.15, -0.1) is 9.24 Å². The normalized spacial score (nSPS) is 9.40. The van der Waals surface area contributed by atoms with Crippen molar-refractivity contribution in [2.45, 2.75) is 6.92 Å². The van der Waals surface area contributed by atoms with Gasteiger partial charge in [0.05, 0.1) is 6.61 Å². The molecule has 0 fully saturated rings. The molecule has 0 aromatic heterocycles. The van der Waals surface area contributed by atoms with Gasteiger partial charge in [-0.25, -0.2) is 0 Å². The first-order chi connectivity index (χ1) is 4.83. The second-order valence-electron chi connectivity index (χ2n) is 2.00. The van der Waals surface area contributed by atoms with Crippen LogP contribution in [0.15, 0.2) is 24.3 Å². The highest BCUT2D eigenvalue weighted by Crippen LogP contribution is 2.07. The van der Waals surface area contributed by atoms with Crippen molar-refractivity contribution in [3.05, 3.63) is 24.3 Å². The Balaban J connectivity index is 2.69. The van der Waals surface area contributed by atoms with Gasteiger partial charge in [0.25, 0.3) is 0 Å². The first kappa shape index (κ1) is 7.56. The molecule has 0 spiro atoms. The van der Waals surface area contributed by atoms with Gasteiger partial charge in [-0.05, 0) is 24.4 Å². The molecule has 0 bridgehead atoms. The molecule has 54 valence electrons. The Morgan fingerprint density at radius 3 is 2.40 bits per heavy atom. The van der Waals surface area contributed by atoms with Crippen molar-refractivity contribution in [1.82, 2.24) is 0 Å². The van der Waals surface area contributed by atoms with Crippen LogP contribution in [0.5, 0.6) is 5.75 Å². The minimum atomic E-state index is 0.732. The summed E-state index contributed by atoms with van der Waals surface area (Å²) >= 11 is 0. The molecule has 1 nitrogen and oxygen atoms in total. The Labute approximate surface area is 63.6 Å². The molecule has 1 aromatic carbocycles. The summed E-state index contributed by atoms with van der Waals surface area (Å²) in [5, 5.41) is 1.18. The summed E-state index contributed by atoms with van der Waals surface area (Å²) in [4.78, 5) is 0. The maximum absolute atomic E-state index is 5.25. The van der Waals surface area contributed by atoms with Crippen molar-refractivity contribution in [2.24, 2.45) is 0 Å². The zero-order chi connectivity index (χ0) is 7.40. The smallest absolute Gasteiger partial charge is 0.119 e. The fourth-order valence-corrected chi connectivity index (χ4v) is 0.923. The van der Waals surface area contributed by atoms with Crippen LogP contribution in [0.3, 0.4) is 0 Å². The summed E-state index contributed by atoms with van der Waals surface area (Å²) in [5.41, 5.74) is 0. The monoisotopic (exact) mass is 154 g/mol. The molecule has 0 saturated carbocycles. The van der Waals surface area contributed by atoms with Crippen LogP contribution in [0.1, 0.15) is 6.92 Å². The van der Waals surface area contributed by atoms with Crippen LogP contribution in [-0.2, 0) is 0 Å². The van der Waals surface area contributed by atoms with Crippen LogP contribution >= 0.6 is 9.24 Å². The van der Waals surface area contributed by atoms with E-state index in [0.29, 0.717) is 0 Å². The van der Waals surface area contributed by atoms with Gasteiger partial charge in [0, 0.05) is 0 Å². The van der Waals surface area contributed by atoms with E-state index in [-0.39, 0.29) is 0 Å². The van der Waals surface area contributed by atoms with Crippen molar-refractivity contribution < 1.29 is 4.74 Å². The number of ether oxygens (including phenoxy) is 1. The number of benzene rings is 1. The van der Waals surface area contributed by atoms with E-state index in [0.717, 1.165) is 12.4 Å². The van der Waals surface area contributed by atoms with Gasteiger partial charge in [0.2, 0.25) is 0 Å². The fourth-order valence-electron chi connectivity index (χ4n) is 0.731. The molecule has 10 heavy (non-hydrogen) atoms. The first-order valence-corrected chi connectivity index (χ1v) is 3.89. The maximum atomic E-state index is 5.25. The van der Waals surface area contributed by atoms with Crippen LogP contribution in [-0.4, -0.2) is 6.61 Å². The lowest BCUT2D eigenvalue weighted by molar-refractivity contribution is 0.340. The molecule has 1 rings (SSSR count). The van der Waals surface area contributed by atoms with Gasteiger partial charge in [-0.1, -0.05) is 12.1 Å². The molecule has 0 aliphatic carbocycles. The second kappa shape index (κ2) is 3.58. The SMILES string of the molecule is CCOc1ccc(P)cc1. The summed E-state index contributed by atoms with van der Waals surface area (Å²) in [5.74, 6) is 0.939. The van der Waals surface area contributed by atoms with E-state index in [4.69, 9.17) is 4.74 Å². The third kappa shape index (κ3) is 2.00. The molecule has 1 unspecified atom stereocenters. The average Bonchev–Trinajstić information content (AvgIpc) is 1.95. The maximum Gasteiger partial charge on any atom is 0.119 e. The second-order valence-corrected chi connectivity index (χ2v) is 2.67. The van der Waals surface area contributed by atoms with E-state index < -0.39 is 0 Å². The predicted octanol–water partition coefficient (Wildman–Crippen LogP) is 1.59. The molecule has 2 heteroatoms. The molecule has 0 saturated heterocycles. The zero-order valence-electron chi connectivity index (χ0n) is 6.00. The van der Waals surface area contributed by atoms with Gasteiger partial charge < -0.3 is 4.74 Å². The van der Waals surface area contributed by atoms with E-state index in [9.17, 15) is 0 Å². The summed E-state index contributed by atoms with van der Waals surface area (Å²) < 4.78 is 5.25. The highest BCUT2D eigenvalue weighted by Gasteiger charge is 1.88. The van der Waals surface area contributed by atoms with Crippen molar-refractivity contribution in [2.75, 3.05) is 6.61 Å². The Morgan fingerprint density at radius 1 is 1.30 bits per heavy atom. The minimum Gasteiger partial charge on any atom is -0.494 e. The quantitative estimate of drug-likeness (QED) is 0.588. The van der Waals surface area contributed by atoms with Gasteiger partial charge in [-0.3, -0.25) is 0 Å². The predicted molar refractivity (Wildman–Crippen MR) is 47.0 cm³/mol. The minimum absolute atomic E-state index is 0.732. The first-order valence-electron chi connectivity index (χ1n) is 3.31. The molecule has 0 aliphatic rings. The van der Waals surface area contributed by atoms with E-state index in [2.05, 4.69) is 9.24 Å². The highest BCUT2D eigenvalue weighted by molar-refractivity contribution is 7.27. The van der Waals surface area contributed by atoms with E-state index in [1.807, 2.05) is 31.2 Å². The molecule has 1 atom stereocenters. The fraction of sp³-hybridized carbons (Fsp3) is 0.250. The largest absolute Gasteiger partial charge is 0.494 e. The summed E-state index contributed by atoms with van der Waals surface area (Å²) in [6.45, 7) is 2.71. The average molecular weight is 154 g/mol. The van der Waals surface area contributed by atoms with Crippen molar-refractivity contribution in [3.63, 3.8) is 0 Å². The molecule has 0 N–H and O–H groups in total. The lowest BCUT2D eigenvalue weighted by atomic mass is 10.3. The van der Waals surface area contributed by atoms with E-state index in [1.54, 1.807) is 0 Å². The van der Waals surface area contributed by atoms with Crippen LogP contribution in [0.4, 0.5) is 0 Å². The van der Waals surface area contributed by atoms with Crippen LogP contribution in [0.25, 0.3) is 0 Å². The Bertz CT molecular complexity index is 193. The lowest BCUT2D eigenvalue weighted by Gasteiger charge is -2.01. The molecule has 0 amide bonds. The van der Waals surface area contributed by atoms with E-state index >= 15 is 0 Å². The van der Waals surface area contributed by atoms with Crippen molar-refractivity contribution in [1.29, 1.82) is 0 Å².